The molecular weight excluding hydrogens is 318 g/mol. The molecule has 1 aliphatic heterocycles. The summed E-state index contributed by atoms with van der Waals surface area (Å²) in [6.45, 7) is 2.96. The first-order valence-electron chi connectivity index (χ1n) is 8.64. The van der Waals surface area contributed by atoms with E-state index in [0.29, 0.717) is 25.3 Å². The predicted molar refractivity (Wildman–Crippen MR) is 95.1 cm³/mol. The smallest absolute Gasteiger partial charge is 0.322 e. The lowest BCUT2D eigenvalue weighted by molar-refractivity contribution is -0.124. The minimum absolute atomic E-state index is 0.146. The van der Waals surface area contributed by atoms with Crippen LogP contribution >= 0.6 is 0 Å². The summed E-state index contributed by atoms with van der Waals surface area (Å²) in [5, 5.41) is 5.79. The van der Waals surface area contributed by atoms with Crippen molar-refractivity contribution in [3.05, 3.63) is 54.0 Å². The lowest BCUT2D eigenvalue weighted by Gasteiger charge is -2.24. The van der Waals surface area contributed by atoms with E-state index in [0.717, 1.165) is 24.1 Å². The Balaban J connectivity index is 1.62. The maximum Gasteiger partial charge on any atom is 0.322 e. The highest BCUT2D eigenvalue weighted by molar-refractivity contribution is 5.94. The molecular formula is C19H23N3O3. The Morgan fingerprint density at radius 3 is 2.84 bits per heavy atom. The Hall–Kier alpha value is -2.76. The Morgan fingerprint density at radius 2 is 2.08 bits per heavy atom. The zero-order valence-electron chi connectivity index (χ0n) is 14.3. The zero-order valence-corrected chi connectivity index (χ0v) is 14.3. The van der Waals surface area contributed by atoms with Gasteiger partial charge in [-0.05, 0) is 43.0 Å². The van der Waals surface area contributed by atoms with Crippen LogP contribution in [0.15, 0.2) is 47.1 Å². The number of anilines is 1. The molecule has 2 aromatic rings. The number of carbonyl (C=O) groups excluding carboxylic acids is 2. The third kappa shape index (κ3) is 4.02. The van der Waals surface area contributed by atoms with Crippen LogP contribution in [0.25, 0.3) is 0 Å². The fourth-order valence-electron chi connectivity index (χ4n) is 3.13. The number of hydrogen-bond donors (Lipinski definition) is 2. The van der Waals surface area contributed by atoms with Gasteiger partial charge in [-0.3, -0.25) is 4.79 Å². The van der Waals surface area contributed by atoms with E-state index < -0.39 is 6.04 Å². The normalized spacial score (nSPS) is 16.7. The van der Waals surface area contributed by atoms with E-state index >= 15 is 0 Å². The number of likely N-dealkylation sites (tertiary alicyclic amines) is 1. The Labute approximate surface area is 147 Å². The zero-order chi connectivity index (χ0) is 17.6. The van der Waals surface area contributed by atoms with Gasteiger partial charge in [0.05, 0.1) is 12.8 Å². The topological polar surface area (TPSA) is 74.6 Å². The van der Waals surface area contributed by atoms with E-state index in [1.165, 1.54) is 0 Å². The highest BCUT2D eigenvalue weighted by Crippen LogP contribution is 2.21. The molecule has 0 spiro atoms. The van der Waals surface area contributed by atoms with Gasteiger partial charge in [0.15, 0.2) is 0 Å². The molecule has 0 aliphatic carbocycles. The molecule has 0 radical (unpaired) electrons. The monoisotopic (exact) mass is 341 g/mol. The molecule has 0 saturated carbocycles. The Kier molecular flexibility index (Phi) is 5.38. The van der Waals surface area contributed by atoms with Crippen molar-refractivity contribution in [3.8, 4) is 0 Å². The van der Waals surface area contributed by atoms with Crippen molar-refractivity contribution in [1.29, 1.82) is 0 Å². The molecule has 1 saturated heterocycles. The quantitative estimate of drug-likeness (QED) is 0.877. The maximum absolute atomic E-state index is 12.6. The minimum Gasteiger partial charge on any atom is -0.467 e. The lowest BCUT2D eigenvalue weighted by Crippen LogP contribution is -2.47. The van der Waals surface area contributed by atoms with Crippen molar-refractivity contribution < 1.29 is 14.0 Å². The van der Waals surface area contributed by atoms with Crippen LogP contribution in [0.3, 0.4) is 0 Å². The van der Waals surface area contributed by atoms with Crippen LogP contribution in [-0.2, 0) is 17.8 Å². The van der Waals surface area contributed by atoms with E-state index in [9.17, 15) is 9.59 Å². The van der Waals surface area contributed by atoms with Gasteiger partial charge in [-0.15, -0.1) is 0 Å². The number of carbonyl (C=O) groups is 2. The number of benzene rings is 1. The molecule has 1 aromatic heterocycles. The second-order valence-electron chi connectivity index (χ2n) is 6.09. The summed E-state index contributed by atoms with van der Waals surface area (Å²) in [5.41, 5.74) is 1.88. The van der Waals surface area contributed by atoms with Gasteiger partial charge in [-0.1, -0.05) is 25.1 Å². The van der Waals surface area contributed by atoms with Crippen LogP contribution < -0.4 is 10.6 Å². The molecule has 132 valence electrons. The second-order valence-corrected chi connectivity index (χ2v) is 6.09. The second kappa shape index (κ2) is 7.88. The molecule has 1 fully saturated rings. The summed E-state index contributed by atoms with van der Waals surface area (Å²) in [5.74, 6) is 0.548. The first-order valence-corrected chi connectivity index (χ1v) is 8.64. The van der Waals surface area contributed by atoms with Crippen molar-refractivity contribution in [2.75, 3.05) is 11.9 Å². The summed E-state index contributed by atoms with van der Waals surface area (Å²) in [6.07, 6.45) is 3.90. The molecule has 0 bridgehead atoms. The first kappa shape index (κ1) is 17.1. The molecule has 1 aromatic carbocycles. The highest BCUT2D eigenvalue weighted by Gasteiger charge is 2.34. The molecule has 1 unspecified atom stereocenters. The van der Waals surface area contributed by atoms with Gasteiger partial charge in [0, 0.05) is 12.2 Å². The number of hydrogen-bond acceptors (Lipinski definition) is 3. The summed E-state index contributed by atoms with van der Waals surface area (Å²) < 4.78 is 5.22. The molecule has 6 heteroatoms. The van der Waals surface area contributed by atoms with E-state index in [-0.39, 0.29) is 11.9 Å². The van der Waals surface area contributed by atoms with E-state index in [1.807, 2.05) is 31.2 Å². The number of nitrogens with one attached hydrogen (secondary N) is 2. The van der Waals surface area contributed by atoms with Crippen molar-refractivity contribution in [3.63, 3.8) is 0 Å². The third-order valence-corrected chi connectivity index (χ3v) is 4.47. The van der Waals surface area contributed by atoms with Crippen molar-refractivity contribution >= 4 is 17.6 Å². The minimum atomic E-state index is -0.441. The average molecular weight is 341 g/mol. The first-order chi connectivity index (χ1) is 12.2. The number of rotatable bonds is 5. The molecule has 2 heterocycles. The van der Waals surface area contributed by atoms with Crippen LogP contribution in [0.5, 0.6) is 0 Å². The Morgan fingerprint density at radius 1 is 1.24 bits per heavy atom. The SMILES string of the molecule is CCc1ccccc1NC(=O)N1CCCC1C(=O)NCc1ccco1. The molecule has 3 rings (SSSR count). The van der Waals surface area contributed by atoms with Crippen molar-refractivity contribution in [2.24, 2.45) is 0 Å². The van der Waals surface area contributed by atoms with Gasteiger partial charge in [-0.2, -0.15) is 0 Å². The van der Waals surface area contributed by atoms with Crippen LogP contribution in [0.1, 0.15) is 31.1 Å². The van der Waals surface area contributed by atoms with Gasteiger partial charge < -0.3 is 20.0 Å². The number of nitrogens with zero attached hydrogens (tertiary/aromatic N) is 1. The summed E-state index contributed by atoms with van der Waals surface area (Å²) in [4.78, 5) is 26.7. The fraction of sp³-hybridized carbons (Fsp3) is 0.368. The van der Waals surface area contributed by atoms with Crippen LogP contribution in [0.4, 0.5) is 10.5 Å². The fourth-order valence-corrected chi connectivity index (χ4v) is 3.13. The molecule has 25 heavy (non-hydrogen) atoms. The van der Waals surface area contributed by atoms with E-state index in [1.54, 1.807) is 23.3 Å². The van der Waals surface area contributed by atoms with Crippen molar-refractivity contribution in [1.82, 2.24) is 10.2 Å². The molecule has 2 N–H and O–H groups in total. The number of furan rings is 1. The largest absolute Gasteiger partial charge is 0.467 e. The number of para-hydroxylation sites is 1. The number of urea groups is 1. The van der Waals surface area contributed by atoms with Crippen LogP contribution in [-0.4, -0.2) is 29.4 Å². The maximum atomic E-state index is 12.6. The lowest BCUT2D eigenvalue weighted by atomic mass is 10.1. The summed E-state index contributed by atoms with van der Waals surface area (Å²) in [6, 6.07) is 10.6. The predicted octanol–water partition coefficient (Wildman–Crippen LogP) is 3.15. The van der Waals surface area contributed by atoms with Gasteiger partial charge in [0.2, 0.25) is 5.91 Å². The molecule has 1 atom stereocenters. The molecule has 6 nitrogen and oxygen atoms in total. The van der Waals surface area contributed by atoms with Crippen molar-refractivity contribution in [2.45, 2.75) is 38.8 Å². The van der Waals surface area contributed by atoms with E-state index in [2.05, 4.69) is 10.6 Å². The van der Waals surface area contributed by atoms with Crippen LogP contribution in [0.2, 0.25) is 0 Å². The third-order valence-electron chi connectivity index (χ3n) is 4.47. The molecule has 1 aliphatic rings. The van der Waals surface area contributed by atoms with Crippen LogP contribution in [0, 0.1) is 0 Å². The Bertz CT molecular complexity index is 727. The summed E-state index contributed by atoms with van der Waals surface area (Å²) in [7, 11) is 0. The van der Waals surface area contributed by atoms with Gasteiger partial charge in [0.25, 0.3) is 0 Å². The standard InChI is InChI=1S/C19H23N3O3/c1-2-14-7-3-4-9-16(14)21-19(24)22-11-5-10-17(22)18(23)20-13-15-8-6-12-25-15/h3-4,6-9,12,17H,2,5,10-11,13H2,1H3,(H,20,23)(H,21,24). The molecule has 3 amide bonds. The summed E-state index contributed by atoms with van der Waals surface area (Å²) >= 11 is 0. The van der Waals surface area contributed by atoms with Gasteiger partial charge >= 0.3 is 6.03 Å². The highest BCUT2D eigenvalue weighted by atomic mass is 16.3. The average Bonchev–Trinajstić information content (AvgIpc) is 3.31. The van der Waals surface area contributed by atoms with Gasteiger partial charge in [0.1, 0.15) is 11.8 Å². The number of aryl methyl sites for hydroxylation is 1. The van der Waals surface area contributed by atoms with E-state index in [4.69, 9.17) is 4.42 Å². The van der Waals surface area contributed by atoms with Gasteiger partial charge in [-0.25, -0.2) is 4.79 Å². The number of amides is 3.